The minimum atomic E-state index is -1.07. The Morgan fingerprint density at radius 1 is 1.71 bits per heavy atom. The second-order valence-corrected chi connectivity index (χ2v) is 4.23. The van der Waals surface area contributed by atoms with E-state index in [2.05, 4.69) is 22.2 Å². The van der Waals surface area contributed by atoms with Crippen LogP contribution in [0.25, 0.3) is 0 Å². The van der Waals surface area contributed by atoms with Gasteiger partial charge < -0.3 is 15.7 Å². The van der Waals surface area contributed by atoms with Crippen LogP contribution in [-0.2, 0) is 6.54 Å². The summed E-state index contributed by atoms with van der Waals surface area (Å²) in [5.74, 6) is -1.07. The molecule has 6 nitrogen and oxygen atoms in total. The third kappa shape index (κ3) is 4.23. The summed E-state index contributed by atoms with van der Waals surface area (Å²) in [6.07, 6.45) is 1.60. The predicted octanol–water partition coefficient (Wildman–Crippen LogP) is 1.21. The number of hydrogen-bond donors (Lipinski definition) is 3. The number of carbonyl (C=O) groups is 2. The maximum atomic E-state index is 11.3. The van der Waals surface area contributed by atoms with Crippen molar-refractivity contribution in [3.8, 4) is 0 Å². The number of nitrogens with zero attached hydrogens (tertiary/aromatic N) is 1. The molecule has 1 atom stereocenters. The molecule has 0 fully saturated rings. The number of rotatable bonds is 5. The summed E-state index contributed by atoms with van der Waals surface area (Å²) in [7, 11) is 0. The summed E-state index contributed by atoms with van der Waals surface area (Å²) >= 11 is 1.19. The molecule has 0 saturated heterocycles. The number of carbonyl (C=O) groups excluding carboxylic acids is 1. The number of amides is 2. The number of thiazole rings is 1. The van der Waals surface area contributed by atoms with Gasteiger partial charge in [-0.25, -0.2) is 14.6 Å². The highest BCUT2D eigenvalue weighted by Crippen LogP contribution is 2.09. The van der Waals surface area contributed by atoms with Gasteiger partial charge in [0.1, 0.15) is 5.01 Å². The monoisotopic (exact) mass is 255 g/mol. The zero-order valence-corrected chi connectivity index (χ0v) is 10.1. The van der Waals surface area contributed by atoms with E-state index in [0.717, 1.165) is 0 Å². The summed E-state index contributed by atoms with van der Waals surface area (Å²) in [6.45, 7) is 5.53. The van der Waals surface area contributed by atoms with Crippen molar-refractivity contribution < 1.29 is 14.7 Å². The highest BCUT2D eigenvalue weighted by atomic mass is 32.1. The number of nitrogens with one attached hydrogen (secondary N) is 2. The molecule has 0 aromatic carbocycles. The van der Waals surface area contributed by atoms with Crippen LogP contribution in [0.4, 0.5) is 4.79 Å². The van der Waals surface area contributed by atoms with Gasteiger partial charge in [0.25, 0.3) is 0 Å². The number of urea groups is 1. The van der Waals surface area contributed by atoms with Crippen molar-refractivity contribution in [3.63, 3.8) is 0 Å². The molecule has 92 valence electrons. The Morgan fingerprint density at radius 3 is 2.94 bits per heavy atom. The number of aromatic nitrogens is 1. The fourth-order valence-electron chi connectivity index (χ4n) is 0.963. The van der Waals surface area contributed by atoms with Crippen molar-refractivity contribution >= 4 is 23.3 Å². The number of aromatic carboxylic acids is 1. The largest absolute Gasteiger partial charge is 0.476 e. The molecule has 0 aliphatic carbocycles. The van der Waals surface area contributed by atoms with Gasteiger partial charge in [0.05, 0.1) is 6.54 Å². The number of carboxylic acids is 1. The van der Waals surface area contributed by atoms with E-state index >= 15 is 0 Å². The van der Waals surface area contributed by atoms with Crippen LogP contribution >= 0.6 is 11.3 Å². The minimum Gasteiger partial charge on any atom is -0.476 e. The van der Waals surface area contributed by atoms with E-state index < -0.39 is 5.97 Å². The molecule has 1 unspecified atom stereocenters. The molecule has 1 rings (SSSR count). The first-order valence-electron chi connectivity index (χ1n) is 4.87. The van der Waals surface area contributed by atoms with E-state index in [1.807, 2.05) is 0 Å². The van der Waals surface area contributed by atoms with Gasteiger partial charge in [-0.3, -0.25) is 0 Å². The summed E-state index contributed by atoms with van der Waals surface area (Å²) in [5.41, 5.74) is -0.00772. The van der Waals surface area contributed by atoms with E-state index in [1.165, 1.54) is 16.7 Å². The highest BCUT2D eigenvalue weighted by molar-refractivity contribution is 7.09. The van der Waals surface area contributed by atoms with Crippen molar-refractivity contribution in [2.45, 2.75) is 19.5 Å². The Bertz CT molecular complexity index is 430. The molecule has 0 radical (unpaired) electrons. The Kier molecular flexibility index (Phi) is 4.65. The van der Waals surface area contributed by atoms with Crippen molar-refractivity contribution in [3.05, 3.63) is 28.7 Å². The lowest BCUT2D eigenvalue weighted by Crippen LogP contribution is -2.39. The lowest BCUT2D eigenvalue weighted by Gasteiger charge is -2.09. The third-order valence-corrected chi connectivity index (χ3v) is 2.73. The lowest BCUT2D eigenvalue weighted by atomic mass is 10.3. The molecule has 0 saturated carbocycles. The number of hydrogen-bond acceptors (Lipinski definition) is 4. The molecule has 0 aliphatic heterocycles. The van der Waals surface area contributed by atoms with Gasteiger partial charge in [0.15, 0.2) is 5.69 Å². The van der Waals surface area contributed by atoms with Crippen LogP contribution in [0.2, 0.25) is 0 Å². The first-order chi connectivity index (χ1) is 8.02. The van der Waals surface area contributed by atoms with Gasteiger partial charge in [-0.05, 0) is 6.92 Å². The molecule has 7 heteroatoms. The van der Waals surface area contributed by atoms with Gasteiger partial charge in [-0.2, -0.15) is 0 Å². The number of carboxylic acid groups (broad SMARTS) is 1. The SMILES string of the molecule is C=CC(C)NC(=O)NCc1nc(C(=O)O)cs1. The maximum Gasteiger partial charge on any atom is 0.355 e. The second-order valence-electron chi connectivity index (χ2n) is 3.28. The van der Waals surface area contributed by atoms with Crippen LogP contribution < -0.4 is 10.6 Å². The van der Waals surface area contributed by atoms with Crippen LogP contribution in [0.15, 0.2) is 18.0 Å². The van der Waals surface area contributed by atoms with E-state index in [-0.39, 0.29) is 24.3 Å². The molecule has 0 spiro atoms. The van der Waals surface area contributed by atoms with Crippen LogP contribution in [0, 0.1) is 0 Å². The third-order valence-electron chi connectivity index (χ3n) is 1.88. The fourth-order valence-corrected chi connectivity index (χ4v) is 1.67. The molecular formula is C10H13N3O3S. The Hall–Kier alpha value is -1.89. The Balaban J connectivity index is 2.42. The van der Waals surface area contributed by atoms with Crippen LogP contribution in [-0.4, -0.2) is 28.1 Å². The molecule has 3 N–H and O–H groups in total. The summed E-state index contributed by atoms with van der Waals surface area (Å²) in [5, 5.41) is 15.8. The molecule has 1 aromatic rings. The molecule has 1 heterocycles. The van der Waals surface area contributed by atoms with E-state index in [0.29, 0.717) is 5.01 Å². The van der Waals surface area contributed by atoms with E-state index in [1.54, 1.807) is 13.0 Å². The molecule has 17 heavy (non-hydrogen) atoms. The van der Waals surface area contributed by atoms with Crippen molar-refractivity contribution in [2.24, 2.45) is 0 Å². The standard InChI is InChI=1S/C10H13N3O3S/c1-3-6(2)12-10(16)11-4-8-13-7(5-17-8)9(14)15/h3,5-6H,1,4H2,2H3,(H,14,15)(H2,11,12,16). The van der Waals surface area contributed by atoms with E-state index in [9.17, 15) is 9.59 Å². The van der Waals surface area contributed by atoms with Crippen LogP contribution in [0.3, 0.4) is 0 Å². The Morgan fingerprint density at radius 2 is 2.41 bits per heavy atom. The first-order valence-corrected chi connectivity index (χ1v) is 5.75. The van der Waals surface area contributed by atoms with Crippen molar-refractivity contribution in [1.82, 2.24) is 15.6 Å². The molecule has 0 aliphatic rings. The first kappa shape index (κ1) is 13.2. The topological polar surface area (TPSA) is 91.3 Å². The van der Waals surface area contributed by atoms with Crippen LogP contribution in [0.1, 0.15) is 22.4 Å². The minimum absolute atomic E-state index is 0.00772. The van der Waals surface area contributed by atoms with Gasteiger partial charge in [0, 0.05) is 11.4 Å². The normalized spacial score (nSPS) is 11.6. The smallest absolute Gasteiger partial charge is 0.355 e. The average molecular weight is 255 g/mol. The summed E-state index contributed by atoms with van der Waals surface area (Å²) in [4.78, 5) is 25.7. The van der Waals surface area contributed by atoms with Crippen molar-refractivity contribution in [1.29, 1.82) is 0 Å². The van der Waals surface area contributed by atoms with Gasteiger partial charge in [0.2, 0.25) is 0 Å². The predicted molar refractivity (Wildman–Crippen MR) is 64.1 cm³/mol. The molecule has 0 bridgehead atoms. The summed E-state index contributed by atoms with van der Waals surface area (Å²) < 4.78 is 0. The van der Waals surface area contributed by atoms with E-state index in [4.69, 9.17) is 5.11 Å². The molecule has 1 aromatic heterocycles. The fraction of sp³-hybridized carbons (Fsp3) is 0.300. The quantitative estimate of drug-likeness (QED) is 0.690. The van der Waals surface area contributed by atoms with Gasteiger partial charge in [-0.1, -0.05) is 6.08 Å². The van der Waals surface area contributed by atoms with Crippen molar-refractivity contribution in [2.75, 3.05) is 0 Å². The highest BCUT2D eigenvalue weighted by Gasteiger charge is 2.09. The average Bonchev–Trinajstić information content (AvgIpc) is 2.75. The Labute approximate surface area is 102 Å². The van der Waals surface area contributed by atoms with Gasteiger partial charge in [-0.15, -0.1) is 17.9 Å². The van der Waals surface area contributed by atoms with Gasteiger partial charge >= 0.3 is 12.0 Å². The lowest BCUT2D eigenvalue weighted by molar-refractivity contribution is 0.0691. The maximum absolute atomic E-state index is 11.3. The molecular weight excluding hydrogens is 242 g/mol. The second kappa shape index (κ2) is 6.00. The zero-order chi connectivity index (χ0) is 12.8. The summed E-state index contributed by atoms with van der Waals surface area (Å²) in [6, 6.07) is -0.467. The van der Waals surface area contributed by atoms with Crippen LogP contribution in [0.5, 0.6) is 0 Å². The zero-order valence-electron chi connectivity index (χ0n) is 9.27. The molecule has 2 amide bonds.